The number of nitrogens with one attached hydrogen (secondary N) is 1. The van der Waals surface area contributed by atoms with E-state index in [-0.39, 0.29) is 11.7 Å². The predicted octanol–water partition coefficient (Wildman–Crippen LogP) is 3.52. The highest BCUT2D eigenvalue weighted by Gasteiger charge is 2.12. The van der Waals surface area contributed by atoms with Crippen LogP contribution in [0.25, 0.3) is 11.0 Å². The molecule has 1 N–H and O–H groups in total. The third kappa shape index (κ3) is 3.88. The van der Waals surface area contributed by atoms with Crippen LogP contribution < -0.4 is 14.8 Å². The van der Waals surface area contributed by atoms with Gasteiger partial charge in [0.15, 0.2) is 11.5 Å². The van der Waals surface area contributed by atoms with Crippen molar-refractivity contribution in [3.05, 3.63) is 48.7 Å². The van der Waals surface area contributed by atoms with Gasteiger partial charge in [0.1, 0.15) is 5.03 Å². The fourth-order valence-electron chi connectivity index (χ4n) is 2.59. The van der Waals surface area contributed by atoms with E-state index in [4.69, 9.17) is 9.47 Å². The first-order chi connectivity index (χ1) is 12.8. The van der Waals surface area contributed by atoms with Gasteiger partial charge in [0, 0.05) is 18.2 Å². The van der Waals surface area contributed by atoms with E-state index in [1.54, 1.807) is 12.3 Å². The summed E-state index contributed by atoms with van der Waals surface area (Å²) in [4.78, 5) is 21.1. The van der Waals surface area contributed by atoms with E-state index in [9.17, 15) is 4.79 Å². The summed E-state index contributed by atoms with van der Waals surface area (Å²) >= 11 is 1.35. The highest BCUT2D eigenvalue weighted by atomic mass is 32.2. The van der Waals surface area contributed by atoms with Gasteiger partial charge >= 0.3 is 0 Å². The molecule has 132 valence electrons. The molecule has 4 rings (SSSR count). The summed E-state index contributed by atoms with van der Waals surface area (Å²) in [7, 11) is 0. The standard InChI is InChI=1S/C19H17N3O3S/c23-18(12-26-19-11-20-14-4-1-2-5-15(14)22-19)21-13-6-7-16-17(10-13)25-9-3-8-24-16/h1-2,4-7,10-11H,3,8-9,12H2,(H,21,23). The van der Waals surface area contributed by atoms with Crippen molar-refractivity contribution < 1.29 is 14.3 Å². The lowest BCUT2D eigenvalue weighted by atomic mass is 10.2. The molecular formula is C19H17N3O3S. The summed E-state index contributed by atoms with van der Waals surface area (Å²) in [5.41, 5.74) is 2.35. The minimum Gasteiger partial charge on any atom is -0.490 e. The molecule has 1 amide bonds. The Morgan fingerprint density at radius 2 is 1.88 bits per heavy atom. The molecule has 0 unspecified atom stereocenters. The van der Waals surface area contributed by atoms with Crippen LogP contribution in [0.3, 0.4) is 0 Å². The normalized spacial score (nSPS) is 13.2. The average molecular weight is 367 g/mol. The second-order valence-electron chi connectivity index (χ2n) is 5.75. The van der Waals surface area contributed by atoms with Crippen LogP contribution in [0.5, 0.6) is 11.5 Å². The van der Waals surface area contributed by atoms with Crippen LogP contribution >= 0.6 is 11.8 Å². The minimum absolute atomic E-state index is 0.112. The van der Waals surface area contributed by atoms with Crippen molar-refractivity contribution in [3.8, 4) is 11.5 Å². The van der Waals surface area contributed by atoms with E-state index in [1.807, 2.05) is 36.4 Å². The number of thioether (sulfide) groups is 1. The number of nitrogens with zero attached hydrogens (tertiary/aromatic N) is 2. The van der Waals surface area contributed by atoms with Crippen molar-refractivity contribution in [1.82, 2.24) is 9.97 Å². The van der Waals surface area contributed by atoms with Gasteiger partial charge in [-0.25, -0.2) is 4.98 Å². The number of ether oxygens (including phenoxy) is 2. The Morgan fingerprint density at radius 3 is 2.77 bits per heavy atom. The number of anilines is 1. The Morgan fingerprint density at radius 1 is 1.08 bits per heavy atom. The number of carbonyl (C=O) groups is 1. The molecule has 0 atom stereocenters. The van der Waals surface area contributed by atoms with Crippen LogP contribution in [0.1, 0.15) is 6.42 Å². The van der Waals surface area contributed by atoms with Crippen LogP contribution in [0.2, 0.25) is 0 Å². The molecule has 0 spiro atoms. The fraction of sp³-hybridized carbons (Fsp3) is 0.211. The molecule has 2 aromatic carbocycles. The average Bonchev–Trinajstić information content (AvgIpc) is 2.91. The van der Waals surface area contributed by atoms with E-state index in [2.05, 4.69) is 15.3 Å². The van der Waals surface area contributed by atoms with Crippen LogP contribution in [0.4, 0.5) is 5.69 Å². The maximum absolute atomic E-state index is 12.2. The van der Waals surface area contributed by atoms with Crippen molar-refractivity contribution in [2.75, 3.05) is 24.3 Å². The highest BCUT2D eigenvalue weighted by molar-refractivity contribution is 7.99. The molecule has 0 fully saturated rings. The van der Waals surface area contributed by atoms with Crippen molar-refractivity contribution >= 4 is 34.4 Å². The Labute approximate surface area is 154 Å². The first kappa shape index (κ1) is 16.7. The molecule has 3 aromatic rings. The summed E-state index contributed by atoms with van der Waals surface area (Å²) in [6.45, 7) is 1.25. The van der Waals surface area contributed by atoms with Gasteiger partial charge in [-0.1, -0.05) is 23.9 Å². The minimum atomic E-state index is -0.112. The molecule has 2 heterocycles. The summed E-state index contributed by atoms with van der Waals surface area (Å²) < 4.78 is 11.2. The van der Waals surface area contributed by atoms with Crippen LogP contribution in [-0.2, 0) is 4.79 Å². The van der Waals surface area contributed by atoms with Crippen molar-refractivity contribution in [3.63, 3.8) is 0 Å². The lowest BCUT2D eigenvalue weighted by Crippen LogP contribution is -2.14. The zero-order valence-corrected chi connectivity index (χ0v) is 14.8. The van der Waals surface area contributed by atoms with Crippen molar-refractivity contribution in [2.45, 2.75) is 11.4 Å². The molecule has 1 aliphatic rings. The number of aromatic nitrogens is 2. The van der Waals surface area contributed by atoms with Crippen LogP contribution in [0, 0.1) is 0 Å². The van der Waals surface area contributed by atoms with E-state index in [0.29, 0.717) is 30.4 Å². The third-order valence-corrected chi connectivity index (χ3v) is 4.71. The van der Waals surface area contributed by atoms with Crippen molar-refractivity contribution in [1.29, 1.82) is 0 Å². The molecule has 0 saturated heterocycles. The quantitative estimate of drug-likeness (QED) is 0.711. The zero-order chi connectivity index (χ0) is 17.8. The third-order valence-electron chi connectivity index (χ3n) is 3.81. The smallest absolute Gasteiger partial charge is 0.234 e. The highest BCUT2D eigenvalue weighted by Crippen LogP contribution is 2.32. The Kier molecular flexibility index (Phi) is 4.88. The molecule has 0 aliphatic carbocycles. The van der Waals surface area contributed by atoms with Gasteiger partial charge in [0.2, 0.25) is 5.91 Å². The number of hydrogen-bond acceptors (Lipinski definition) is 6. The first-order valence-electron chi connectivity index (χ1n) is 8.32. The summed E-state index contributed by atoms with van der Waals surface area (Å²) in [5, 5.41) is 3.60. The molecule has 0 saturated carbocycles. The van der Waals surface area contributed by atoms with Gasteiger partial charge < -0.3 is 14.8 Å². The first-order valence-corrected chi connectivity index (χ1v) is 9.30. The molecule has 0 bridgehead atoms. The second kappa shape index (κ2) is 7.61. The number of benzene rings is 2. The zero-order valence-electron chi connectivity index (χ0n) is 14.0. The monoisotopic (exact) mass is 367 g/mol. The van der Waals surface area contributed by atoms with Gasteiger partial charge in [-0.2, -0.15) is 0 Å². The van der Waals surface area contributed by atoms with Gasteiger partial charge in [0.05, 0.1) is 36.2 Å². The summed E-state index contributed by atoms with van der Waals surface area (Å²) in [6.07, 6.45) is 2.54. The number of rotatable bonds is 4. The topological polar surface area (TPSA) is 73.3 Å². The maximum atomic E-state index is 12.2. The number of carbonyl (C=O) groups excluding carboxylic acids is 1. The molecule has 0 radical (unpaired) electrons. The number of amides is 1. The second-order valence-corrected chi connectivity index (χ2v) is 6.74. The van der Waals surface area contributed by atoms with E-state index < -0.39 is 0 Å². The molecule has 1 aliphatic heterocycles. The Bertz CT molecular complexity index is 948. The van der Waals surface area contributed by atoms with Crippen molar-refractivity contribution in [2.24, 2.45) is 0 Å². The van der Waals surface area contributed by atoms with Crippen LogP contribution in [0.15, 0.2) is 53.7 Å². The summed E-state index contributed by atoms with van der Waals surface area (Å²) in [5.74, 6) is 1.51. The Balaban J connectivity index is 1.38. The van der Waals surface area contributed by atoms with Gasteiger partial charge in [-0.05, 0) is 24.3 Å². The predicted molar refractivity (Wildman–Crippen MR) is 101 cm³/mol. The molecule has 26 heavy (non-hydrogen) atoms. The molecule has 7 heteroatoms. The summed E-state index contributed by atoms with van der Waals surface area (Å²) in [6, 6.07) is 13.1. The lowest BCUT2D eigenvalue weighted by Gasteiger charge is -2.10. The van der Waals surface area contributed by atoms with Gasteiger partial charge in [0.25, 0.3) is 0 Å². The number of fused-ring (bicyclic) bond motifs is 2. The maximum Gasteiger partial charge on any atom is 0.234 e. The Hall–Kier alpha value is -2.80. The van der Waals surface area contributed by atoms with Crippen LogP contribution in [-0.4, -0.2) is 34.8 Å². The molecular weight excluding hydrogens is 350 g/mol. The lowest BCUT2D eigenvalue weighted by molar-refractivity contribution is -0.113. The number of hydrogen-bond donors (Lipinski definition) is 1. The van der Waals surface area contributed by atoms with E-state index >= 15 is 0 Å². The van der Waals surface area contributed by atoms with Gasteiger partial charge in [-0.15, -0.1) is 0 Å². The largest absolute Gasteiger partial charge is 0.490 e. The molecule has 6 nitrogen and oxygen atoms in total. The molecule has 1 aromatic heterocycles. The number of para-hydroxylation sites is 2. The van der Waals surface area contributed by atoms with Gasteiger partial charge in [-0.3, -0.25) is 9.78 Å². The van der Waals surface area contributed by atoms with E-state index in [1.165, 1.54) is 11.8 Å². The fourth-order valence-corrected chi connectivity index (χ4v) is 3.23. The van der Waals surface area contributed by atoms with E-state index in [0.717, 1.165) is 22.5 Å². The SMILES string of the molecule is O=C(CSc1cnc2ccccc2n1)Nc1ccc2c(c1)OCCCO2.